The predicted molar refractivity (Wildman–Crippen MR) is 156 cm³/mol. The fraction of sp³-hybridized carbons (Fsp3) is 0.118. The van der Waals surface area contributed by atoms with Crippen molar-refractivity contribution in [3.8, 4) is 28.2 Å². The lowest BCUT2D eigenvalue weighted by Gasteiger charge is -2.17. The van der Waals surface area contributed by atoms with E-state index in [4.69, 9.17) is 9.40 Å². The number of hydrogen-bond donors (Lipinski definition) is 0. The van der Waals surface area contributed by atoms with E-state index < -0.39 is 0 Å². The number of para-hydroxylation sites is 2. The van der Waals surface area contributed by atoms with Crippen LogP contribution in [0.5, 0.6) is 0 Å². The molecule has 3 aromatic heterocycles. The van der Waals surface area contributed by atoms with Gasteiger partial charge in [0.2, 0.25) is 5.71 Å². The molecule has 0 saturated heterocycles. The maximum Gasteiger partial charge on any atom is 0.227 e. The van der Waals surface area contributed by atoms with Gasteiger partial charge in [0.25, 0.3) is 0 Å². The third-order valence-electron chi connectivity index (χ3n) is 7.46. The fourth-order valence-corrected chi connectivity index (χ4v) is 5.73. The topological polar surface area (TPSA) is 43.9 Å². The lowest BCUT2D eigenvalue weighted by Crippen LogP contribution is -2.03. The molecule has 4 heteroatoms. The molecule has 38 heavy (non-hydrogen) atoms. The Hall–Kier alpha value is -4.70. The summed E-state index contributed by atoms with van der Waals surface area (Å²) in [4.78, 5) is 9.86. The molecule has 0 saturated carbocycles. The number of fused-ring (bicyclic) bond motifs is 4. The van der Waals surface area contributed by atoms with Crippen LogP contribution in [0.25, 0.3) is 61.3 Å². The van der Waals surface area contributed by atoms with Gasteiger partial charge in [0.1, 0.15) is 11.4 Å². The van der Waals surface area contributed by atoms with E-state index >= 15 is 0 Å². The summed E-state index contributed by atoms with van der Waals surface area (Å²) in [5, 5.41) is 2.13. The van der Waals surface area contributed by atoms with Gasteiger partial charge in [0.05, 0.1) is 22.3 Å². The van der Waals surface area contributed by atoms with Crippen molar-refractivity contribution in [3.63, 3.8) is 0 Å². The summed E-state index contributed by atoms with van der Waals surface area (Å²) in [6, 6.07) is 31.9. The number of benzene rings is 4. The van der Waals surface area contributed by atoms with Crippen LogP contribution in [-0.4, -0.2) is 14.5 Å². The summed E-state index contributed by atoms with van der Waals surface area (Å²) < 4.78 is 8.76. The number of pyridine rings is 1. The molecule has 0 fully saturated rings. The van der Waals surface area contributed by atoms with Crippen LogP contribution in [-0.2, 0) is 0 Å². The first-order valence-electron chi connectivity index (χ1n) is 12.9. The van der Waals surface area contributed by atoms with Gasteiger partial charge in [-0.15, -0.1) is 0 Å². The van der Waals surface area contributed by atoms with Crippen molar-refractivity contribution in [2.75, 3.05) is 0 Å². The average molecular weight is 494 g/mol. The van der Waals surface area contributed by atoms with E-state index in [9.17, 15) is 0 Å². The van der Waals surface area contributed by atoms with E-state index in [0.29, 0.717) is 5.71 Å². The maximum atomic E-state index is 6.46. The summed E-state index contributed by atoms with van der Waals surface area (Å²) in [5.74, 6) is 0.866. The van der Waals surface area contributed by atoms with Crippen LogP contribution in [0.4, 0.5) is 0 Å². The second-order valence-corrected chi connectivity index (χ2v) is 10.1. The van der Waals surface area contributed by atoms with Gasteiger partial charge in [0, 0.05) is 16.5 Å². The zero-order chi connectivity index (χ0) is 26.0. The van der Waals surface area contributed by atoms with E-state index in [0.717, 1.165) is 55.7 Å². The normalized spacial score (nSPS) is 11.7. The van der Waals surface area contributed by atoms with Crippen molar-refractivity contribution in [2.24, 2.45) is 0 Å². The predicted octanol–water partition coefficient (Wildman–Crippen LogP) is 8.89. The molecule has 3 heterocycles. The fourth-order valence-electron chi connectivity index (χ4n) is 5.73. The minimum Gasteiger partial charge on any atom is -0.437 e. The number of imidazole rings is 1. The van der Waals surface area contributed by atoms with Gasteiger partial charge in [0.15, 0.2) is 0 Å². The van der Waals surface area contributed by atoms with E-state index in [1.807, 2.05) is 19.1 Å². The van der Waals surface area contributed by atoms with Crippen molar-refractivity contribution in [3.05, 3.63) is 113 Å². The van der Waals surface area contributed by atoms with E-state index in [1.54, 1.807) is 0 Å². The van der Waals surface area contributed by atoms with E-state index in [-0.39, 0.29) is 0 Å². The Labute approximate surface area is 221 Å². The van der Waals surface area contributed by atoms with Gasteiger partial charge < -0.3 is 4.42 Å². The Morgan fingerprint density at radius 1 is 0.658 bits per heavy atom. The Morgan fingerprint density at radius 2 is 1.39 bits per heavy atom. The quantitative estimate of drug-likeness (QED) is 0.247. The molecule has 0 aliphatic rings. The summed E-state index contributed by atoms with van der Waals surface area (Å²) in [5.41, 5.74) is 12.5. The minimum atomic E-state index is 0.665. The van der Waals surface area contributed by atoms with Crippen molar-refractivity contribution >= 4 is 33.1 Å². The van der Waals surface area contributed by atoms with Gasteiger partial charge in [-0.2, -0.15) is 0 Å². The largest absolute Gasteiger partial charge is 0.437 e. The highest BCUT2D eigenvalue weighted by molar-refractivity contribution is 6.10. The first-order chi connectivity index (χ1) is 18.5. The summed E-state index contributed by atoms with van der Waals surface area (Å²) in [7, 11) is 0. The molecule has 4 aromatic carbocycles. The van der Waals surface area contributed by atoms with Crippen LogP contribution in [0.2, 0.25) is 0 Å². The second-order valence-electron chi connectivity index (χ2n) is 10.1. The van der Waals surface area contributed by atoms with Crippen molar-refractivity contribution in [1.82, 2.24) is 14.5 Å². The summed E-state index contributed by atoms with van der Waals surface area (Å²) in [6.45, 7) is 8.49. The molecular weight excluding hydrogens is 466 g/mol. The molecule has 0 bridgehead atoms. The number of furan rings is 1. The Morgan fingerprint density at radius 3 is 2.18 bits per heavy atom. The molecule has 0 spiro atoms. The number of aryl methyl sites for hydroxylation is 4. The van der Waals surface area contributed by atoms with Crippen LogP contribution < -0.4 is 0 Å². The van der Waals surface area contributed by atoms with Crippen LogP contribution >= 0.6 is 0 Å². The Balaban J connectivity index is 1.54. The van der Waals surface area contributed by atoms with Crippen molar-refractivity contribution in [1.29, 1.82) is 0 Å². The average Bonchev–Trinajstić information content (AvgIpc) is 3.48. The molecule has 0 amide bonds. The molecule has 0 atom stereocenters. The number of rotatable bonds is 3. The van der Waals surface area contributed by atoms with Crippen LogP contribution in [0.1, 0.15) is 22.4 Å². The van der Waals surface area contributed by atoms with Gasteiger partial charge in [-0.3, -0.25) is 4.57 Å². The lowest BCUT2D eigenvalue weighted by molar-refractivity contribution is 0.653. The van der Waals surface area contributed by atoms with Gasteiger partial charge in [-0.05, 0) is 98.0 Å². The van der Waals surface area contributed by atoms with Crippen LogP contribution in [0.15, 0.2) is 95.4 Å². The van der Waals surface area contributed by atoms with Crippen molar-refractivity contribution < 1.29 is 4.42 Å². The van der Waals surface area contributed by atoms with E-state index in [2.05, 4.69) is 109 Å². The van der Waals surface area contributed by atoms with Gasteiger partial charge in [-0.1, -0.05) is 48.5 Å². The Kier molecular flexibility index (Phi) is 4.98. The smallest absolute Gasteiger partial charge is 0.227 e. The molecule has 0 aliphatic carbocycles. The number of aromatic nitrogens is 3. The summed E-state index contributed by atoms with van der Waals surface area (Å²) in [6.07, 6.45) is 0. The van der Waals surface area contributed by atoms with Crippen molar-refractivity contribution in [2.45, 2.75) is 27.7 Å². The maximum absolute atomic E-state index is 6.46. The first-order valence-corrected chi connectivity index (χ1v) is 12.9. The molecule has 0 N–H and O–H groups in total. The van der Waals surface area contributed by atoms with Crippen LogP contribution in [0.3, 0.4) is 0 Å². The van der Waals surface area contributed by atoms with E-state index in [1.165, 1.54) is 22.3 Å². The SMILES string of the molecule is Cc1ccc2c(n1)oc1c(-c3nc4ccccc4n3-c3c(C)cc(-c4ccccc4)cc3C)ccc(C)c12. The first kappa shape index (κ1) is 22.5. The zero-order valence-corrected chi connectivity index (χ0v) is 21.9. The summed E-state index contributed by atoms with van der Waals surface area (Å²) >= 11 is 0. The molecule has 0 aliphatic heterocycles. The second kappa shape index (κ2) is 8.42. The molecule has 7 aromatic rings. The standard InChI is InChI=1S/C34H27N3O/c1-20-14-16-27(32-30(20)26-17-15-23(4)35-34(26)38-32)33-36-28-12-8-9-13-29(28)37(33)31-21(2)18-25(19-22(31)3)24-10-6-5-7-11-24/h5-19H,1-4H3. The molecule has 0 unspecified atom stereocenters. The lowest BCUT2D eigenvalue weighted by atomic mass is 9.98. The number of nitrogens with zero attached hydrogens (tertiary/aromatic N) is 3. The molecule has 0 radical (unpaired) electrons. The zero-order valence-electron chi connectivity index (χ0n) is 21.9. The van der Waals surface area contributed by atoms with Crippen LogP contribution in [0, 0.1) is 27.7 Å². The highest BCUT2D eigenvalue weighted by atomic mass is 16.3. The molecule has 184 valence electrons. The monoisotopic (exact) mass is 493 g/mol. The third kappa shape index (κ3) is 3.37. The van der Waals surface area contributed by atoms with Gasteiger partial charge in [-0.25, -0.2) is 9.97 Å². The molecule has 7 rings (SSSR count). The van der Waals surface area contributed by atoms with Gasteiger partial charge >= 0.3 is 0 Å². The highest BCUT2D eigenvalue weighted by Gasteiger charge is 2.23. The molecular formula is C34H27N3O. The minimum absolute atomic E-state index is 0.665. The third-order valence-corrected chi connectivity index (χ3v) is 7.46. The Bertz CT molecular complexity index is 1990. The number of hydrogen-bond acceptors (Lipinski definition) is 3. The highest BCUT2D eigenvalue weighted by Crippen LogP contribution is 2.40. The molecule has 4 nitrogen and oxygen atoms in total.